The molecule has 0 amide bonds. The number of hydrogen-bond donors (Lipinski definition) is 1. The van der Waals surface area contributed by atoms with E-state index in [1.807, 2.05) is 6.20 Å². The standard InChI is InChI=1S/C21H36N4O/c1-17(2)5-9-24-10-6-21(19(14-24)16-26)7-11-25(12-8-21)15-20-13-22-18(3)23(20)4/h5,13,19,26H,6-12,14-16H2,1-4H3. The zero-order valence-corrected chi connectivity index (χ0v) is 17.0. The van der Waals surface area contributed by atoms with Crippen molar-refractivity contribution in [2.24, 2.45) is 18.4 Å². The summed E-state index contributed by atoms with van der Waals surface area (Å²) >= 11 is 0. The van der Waals surface area contributed by atoms with Crippen LogP contribution in [0.25, 0.3) is 0 Å². The van der Waals surface area contributed by atoms with Gasteiger partial charge in [-0.05, 0) is 65.1 Å². The molecule has 2 aliphatic rings. The van der Waals surface area contributed by atoms with E-state index < -0.39 is 0 Å². The van der Waals surface area contributed by atoms with Gasteiger partial charge in [0, 0.05) is 45.4 Å². The van der Waals surface area contributed by atoms with Crippen LogP contribution < -0.4 is 0 Å². The summed E-state index contributed by atoms with van der Waals surface area (Å²) in [5, 5.41) is 10.1. The van der Waals surface area contributed by atoms with E-state index in [1.165, 1.54) is 37.1 Å². The molecule has 1 atom stereocenters. The van der Waals surface area contributed by atoms with Crippen LogP contribution in [0.5, 0.6) is 0 Å². The smallest absolute Gasteiger partial charge is 0.105 e. The highest BCUT2D eigenvalue weighted by atomic mass is 16.3. The van der Waals surface area contributed by atoms with Gasteiger partial charge in [-0.3, -0.25) is 9.80 Å². The fourth-order valence-electron chi connectivity index (χ4n) is 4.65. The van der Waals surface area contributed by atoms with Crippen LogP contribution in [0, 0.1) is 18.3 Å². The van der Waals surface area contributed by atoms with Crippen LogP contribution in [-0.2, 0) is 13.6 Å². The lowest BCUT2D eigenvalue weighted by molar-refractivity contribution is -0.0404. The Balaban J connectivity index is 1.57. The van der Waals surface area contributed by atoms with E-state index in [0.717, 1.165) is 38.5 Å². The second kappa shape index (κ2) is 8.24. The van der Waals surface area contributed by atoms with Crippen LogP contribution in [0.2, 0.25) is 0 Å². The molecular weight excluding hydrogens is 324 g/mol. The fourth-order valence-corrected chi connectivity index (χ4v) is 4.65. The van der Waals surface area contributed by atoms with Gasteiger partial charge in [0.15, 0.2) is 0 Å². The molecule has 0 aromatic carbocycles. The minimum atomic E-state index is 0.326. The van der Waals surface area contributed by atoms with Crippen LogP contribution >= 0.6 is 0 Å². The third-order valence-corrected chi connectivity index (χ3v) is 6.80. The molecule has 146 valence electrons. The van der Waals surface area contributed by atoms with Crippen molar-refractivity contribution in [1.82, 2.24) is 19.4 Å². The predicted molar refractivity (Wildman–Crippen MR) is 106 cm³/mol. The van der Waals surface area contributed by atoms with Crippen molar-refractivity contribution in [2.75, 3.05) is 39.3 Å². The number of imidazole rings is 1. The third-order valence-electron chi connectivity index (χ3n) is 6.80. The Morgan fingerprint density at radius 2 is 1.88 bits per heavy atom. The first-order valence-electron chi connectivity index (χ1n) is 10.1. The summed E-state index contributed by atoms with van der Waals surface area (Å²) < 4.78 is 2.20. The fraction of sp³-hybridized carbons (Fsp3) is 0.762. The van der Waals surface area contributed by atoms with Gasteiger partial charge in [-0.1, -0.05) is 11.6 Å². The molecule has 2 saturated heterocycles. The highest BCUT2D eigenvalue weighted by Crippen LogP contribution is 2.45. The first kappa shape index (κ1) is 19.6. The highest BCUT2D eigenvalue weighted by molar-refractivity contribution is 5.05. The number of aryl methyl sites for hydroxylation is 1. The molecule has 1 spiro atoms. The van der Waals surface area contributed by atoms with Crippen LogP contribution in [0.1, 0.15) is 44.6 Å². The largest absolute Gasteiger partial charge is 0.396 e. The minimum Gasteiger partial charge on any atom is -0.396 e. The van der Waals surface area contributed by atoms with Gasteiger partial charge in [0.25, 0.3) is 0 Å². The summed E-state index contributed by atoms with van der Waals surface area (Å²) in [6.07, 6.45) is 7.98. The molecule has 2 aliphatic heterocycles. The molecule has 1 unspecified atom stereocenters. The summed E-state index contributed by atoms with van der Waals surface area (Å²) in [6.45, 7) is 13.2. The van der Waals surface area contributed by atoms with Crippen LogP contribution in [-0.4, -0.2) is 63.8 Å². The molecule has 0 aliphatic carbocycles. The number of allylic oxidation sites excluding steroid dienone is 1. The lowest BCUT2D eigenvalue weighted by Crippen LogP contribution is -2.53. The van der Waals surface area contributed by atoms with Crippen LogP contribution in [0.15, 0.2) is 17.8 Å². The van der Waals surface area contributed by atoms with Gasteiger partial charge in [0.1, 0.15) is 5.82 Å². The second-order valence-electron chi connectivity index (χ2n) is 8.66. The molecule has 0 saturated carbocycles. The molecule has 2 fully saturated rings. The maximum absolute atomic E-state index is 10.1. The first-order valence-corrected chi connectivity index (χ1v) is 10.1. The molecule has 0 radical (unpaired) electrons. The molecule has 26 heavy (non-hydrogen) atoms. The molecule has 1 N–H and O–H groups in total. The summed E-state index contributed by atoms with van der Waals surface area (Å²) in [6, 6.07) is 0. The second-order valence-corrected chi connectivity index (χ2v) is 8.66. The zero-order chi connectivity index (χ0) is 18.7. The number of likely N-dealkylation sites (tertiary alicyclic amines) is 2. The number of piperidine rings is 2. The number of nitrogens with zero attached hydrogens (tertiary/aromatic N) is 4. The average molecular weight is 361 g/mol. The van der Waals surface area contributed by atoms with Crippen LogP contribution in [0.3, 0.4) is 0 Å². The summed E-state index contributed by atoms with van der Waals surface area (Å²) in [7, 11) is 2.10. The Labute approximate surface area is 158 Å². The molecule has 5 nitrogen and oxygen atoms in total. The third kappa shape index (κ3) is 4.21. The van der Waals surface area contributed by atoms with E-state index in [1.54, 1.807) is 0 Å². The lowest BCUT2D eigenvalue weighted by atomic mass is 9.64. The maximum Gasteiger partial charge on any atom is 0.105 e. The van der Waals surface area contributed by atoms with Gasteiger partial charge in [-0.2, -0.15) is 0 Å². The topological polar surface area (TPSA) is 44.5 Å². The van der Waals surface area contributed by atoms with Gasteiger partial charge >= 0.3 is 0 Å². The molecule has 0 bridgehead atoms. The Bertz CT molecular complexity index is 624. The molecule has 5 heteroatoms. The summed E-state index contributed by atoms with van der Waals surface area (Å²) in [5.74, 6) is 1.50. The predicted octanol–water partition coefficient (Wildman–Crippen LogP) is 2.59. The van der Waals surface area contributed by atoms with Crippen molar-refractivity contribution in [3.63, 3.8) is 0 Å². The average Bonchev–Trinajstić information content (AvgIpc) is 2.95. The Hall–Kier alpha value is -1.17. The number of aliphatic hydroxyl groups excluding tert-OH is 1. The zero-order valence-electron chi connectivity index (χ0n) is 17.0. The molecule has 1 aromatic rings. The van der Waals surface area contributed by atoms with Crippen LogP contribution in [0.4, 0.5) is 0 Å². The quantitative estimate of drug-likeness (QED) is 0.820. The SMILES string of the molecule is CC(C)=CCN1CCC2(CCN(Cc3cnc(C)n3C)CC2)C(CO)C1. The molecule has 3 rings (SSSR count). The van der Waals surface area contributed by atoms with E-state index >= 15 is 0 Å². The van der Waals surface area contributed by atoms with Crippen molar-refractivity contribution in [1.29, 1.82) is 0 Å². The van der Waals surface area contributed by atoms with Crippen molar-refractivity contribution in [2.45, 2.75) is 46.6 Å². The molecular formula is C21H36N4O. The van der Waals surface area contributed by atoms with Crippen molar-refractivity contribution < 1.29 is 5.11 Å². The van der Waals surface area contributed by atoms with E-state index in [0.29, 0.717) is 17.9 Å². The normalized spacial score (nSPS) is 24.1. The van der Waals surface area contributed by atoms with Crippen molar-refractivity contribution in [3.8, 4) is 0 Å². The van der Waals surface area contributed by atoms with E-state index in [2.05, 4.69) is 53.2 Å². The first-order chi connectivity index (χ1) is 12.4. The highest BCUT2D eigenvalue weighted by Gasteiger charge is 2.44. The van der Waals surface area contributed by atoms with Gasteiger partial charge in [-0.15, -0.1) is 0 Å². The molecule has 1 aromatic heterocycles. The Morgan fingerprint density at radius 3 is 2.42 bits per heavy atom. The summed E-state index contributed by atoms with van der Waals surface area (Å²) in [5.41, 5.74) is 3.02. The van der Waals surface area contributed by atoms with Gasteiger partial charge < -0.3 is 9.67 Å². The van der Waals surface area contributed by atoms with E-state index in [4.69, 9.17) is 0 Å². The Morgan fingerprint density at radius 1 is 1.23 bits per heavy atom. The minimum absolute atomic E-state index is 0.326. The number of hydrogen-bond acceptors (Lipinski definition) is 4. The van der Waals surface area contributed by atoms with Crippen molar-refractivity contribution in [3.05, 3.63) is 29.4 Å². The number of aliphatic hydroxyl groups is 1. The van der Waals surface area contributed by atoms with Gasteiger partial charge in [0.05, 0.1) is 5.69 Å². The van der Waals surface area contributed by atoms with Crippen molar-refractivity contribution >= 4 is 0 Å². The summed E-state index contributed by atoms with van der Waals surface area (Å²) in [4.78, 5) is 9.50. The lowest BCUT2D eigenvalue weighted by Gasteiger charge is -2.51. The number of rotatable bonds is 5. The van der Waals surface area contributed by atoms with E-state index in [-0.39, 0.29) is 0 Å². The van der Waals surface area contributed by atoms with E-state index in [9.17, 15) is 5.11 Å². The Kier molecular flexibility index (Phi) is 6.21. The van der Waals surface area contributed by atoms with Gasteiger partial charge in [0.2, 0.25) is 0 Å². The molecule has 3 heterocycles. The van der Waals surface area contributed by atoms with Gasteiger partial charge in [-0.25, -0.2) is 4.98 Å². The maximum atomic E-state index is 10.1. The monoisotopic (exact) mass is 360 g/mol. The number of aromatic nitrogens is 2.